The van der Waals surface area contributed by atoms with Crippen LogP contribution in [0.1, 0.15) is 37.1 Å². The molecule has 0 atom stereocenters. The van der Waals surface area contributed by atoms with E-state index in [1.807, 2.05) is 13.8 Å². The molecule has 16 heavy (non-hydrogen) atoms. The Morgan fingerprint density at radius 1 is 1.38 bits per heavy atom. The van der Waals surface area contributed by atoms with E-state index in [0.717, 1.165) is 42.9 Å². The number of hydrogen-bond donors (Lipinski definition) is 2. The third-order valence-corrected chi connectivity index (χ3v) is 3.20. The van der Waals surface area contributed by atoms with Crippen LogP contribution < -0.4 is 5.32 Å². The van der Waals surface area contributed by atoms with Gasteiger partial charge in [0.2, 0.25) is 0 Å². The van der Waals surface area contributed by atoms with Gasteiger partial charge < -0.3 is 10.4 Å². The summed E-state index contributed by atoms with van der Waals surface area (Å²) in [6.45, 7) is 4.42. The molecule has 0 unspecified atom stereocenters. The lowest BCUT2D eigenvalue weighted by Gasteiger charge is -2.23. The number of nitrogens with zero attached hydrogens (tertiary/aromatic N) is 2. The van der Waals surface area contributed by atoms with E-state index >= 15 is 0 Å². The summed E-state index contributed by atoms with van der Waals surface area (Å²) in [7, 11) is 0. The lowest BCUT2D eigenvalue weighted by molar-refractivity contribution is 0.0613. The second-order valence-electron chi connectivity index (χ2n) is 4.73. The predicted octanol–water partition coefficient (Wildman–Crippen LogP) is 1.81. The van der Waals surface area contributed by atoms with Crippen molar-refractivity contribution in [1.82, 2.24) is 9.97 Å². The van der Waals surface area contributed by atoms with Gasteiger partial charge >= 0.3 is 0 Å². The third kappa shape index (κ3) is 2.50. The average molecular weight is 221 g/mol. The summed E-state index contributed by atoms with van der Waals surface area (Å²) < 4.78 is 0. The van der Waals surface area contributed by atoms with Gasteiger partial charge in [-0.3, -0.25) is 4.98 Å². The van der Waals surface area contributed by atoms with Crippen LogP contribution in [-0.2, 0) is 0 Å². The molecule has 1 aliphatic rings. The van der Waals surface area contributed by atoms with Crippen LogP contribution in [-0.4, -0.2) is 27.2 Å². The largest absolute Gasteiger partial charge is 0.388 e. The van der Waals surface area contributed by atoms with Crippen molar-refractivity contribution < 1.29 is 5.11 Å². The topological polar surface area (TPSA) is 58.0 Å². The highest BCUT2D eigenvalue weighted by molar-refractivity contribution is 5.39. The molecule has 0 radical (unpaired) electrons. The number of aliphatic hydroxyl groups is 1. The van der Waals surface area contributed by atoms with E-state index in [-0.39, 0.29) is 0 Å². The van der Waals surface area contributed by atoms with Crippen LogP contribution in [0.3, 0.4) is 0 Å². The fourth-order valence-corrected chi connectivity index (χ4v) is 2.16. The van der Waals surface area contributed by atoms with Crippen LogP contribution in [0.2, 0.25) is 0 Å². The number of anilines is 1. The molecule has 1 saturated carbocycles. The molecule has 88 valence electrons. The van der Waals surface area contributed by atoms with Gasteiger partial charge in [-0.05, 0) is 26.7 Å². The molecule has 2 N–H and O–H groups in total. The molecular formula is C12H19N3O. The molecule has 0 amide bonds. The van der Waals surface area contributed by atoms with Crippen molar-refractivity contribution in [2.45, 2.75) is 45.1 Å². The Labute approximate surface area is 96.1 Å². The first-order valence-electron chi connectivity index (χ1n) is 5.86. The summed E-state index contributed by atoms with van der Waals surface area (Å²) in [5.41, 5.74) is 1.23. The maximum absolute atomic E-state index is 10.2. The van der Waals surface area contributed by atoms with E-state index in [1.54, 1.807) is 6.20 Å². The van der Waals surface area contributed by atoms with Gasteiger partial charge in [-0.15, -0.1) is 0 Å². The van der Waals surface area contributed by atoms with E-state index in [9.17, 15) is 5.11 Å². The summed E-state index contributed by atoms with van der Waals surface area (Å²) in [6, 6.07) is 0. The summed E-state index contributed by atoms with van der Waals surface area (Å²) in [6.07, 6.45) is 5.77. The van der Waals surface area contributed by atoms with Crippen molar-refractivity contribution >= 4 is 5.82 Å². The summed E-state index contributed by atoms with van der Waals surface area (Å²) in [5, 5.41) is 13.4. The van der Waals surface area contributed by atoms with Crippen molar-refractivity contribution in [3.63, 3.8) is 0 Å². The Hall–Kier alpha value is -1.16. The zero-order chi connectivity index (χ0) is 11.6. The zero-order valence-corrected chi connectivity index (χ0v) is 9.95. The molecule has 4 nitrogen and oxygen atoms in total. The molecule has 0 aliphatic heterocycles. The van der Waals surface area contributed by atoms with Crippen molar-refractivity contribution in [2.75, 3.05) is 11.9 Å². The van der Waals surface area contributed by atoms with Gasteiger partial charge in [-0.25, -0.2) is 4.98 Å². The molecular weight excluding hydrogens is 202 g/mol. The molecule has 1 aromatic heterocycles. The standard InChI is InChI=1S/C12H19N3O/c1-9-7-13-10(2)11(15-9)14-8-12(16)5-3-4-6-12/h7,16H,3-6,8H2,1-2H3,(H,14,15). The minimum atomic E-state index is -0.544. The van der Waals surface area contributed by atoms with E-state index in [2.05, 4.69) is 15.3 Å². The quantitative estimate of drug-likeness (QED) is 0.817. The first kappa shape index (κ1) is 11.3. The highest BCUT2D eigenvalue weighted by Crippen LogP contribution is 2.29. The van der Waals surface area contributed by atoms with Gasteiger partial charge in [0.1, 0.15) is 5.82 Å². The van der Waals surface area contributed by atoms with Gasteiger partial charge in [-0.2, -0.15) is 0 Å². The van der Waals surface area contributed by atoms with Gasteiger partial charge in [0.25, 0.3) is 0 Å². The first-order chi connectivity index (χ1) is 7.59. The van der Waals surface area contributed by atoms with Crippen molar-refractivity contribution in [2.24, 2.45) is 0 Å². The van der Waals surface area contributed by atoms with E-state index in [4.69, 9.17) is 0 Å². The Balaban J connectivity index is 2.01. The average Bonchev–Trinajstić information content (AvgIpc) is 2.67. The van der Waals surface area contributed by atoms with Gasteiger partial charge in [0, 0.05) is 12.7 Å². The second-order valence-corrected chi connectivity index (χ2v) is 4.73. The monoisotopic (exact) mass is 221 g/mol. The second kappa shape index (κ2) is 4.37. The fourth-order valence-electron chi connectivity index (χ4n) is 2.16. The van der Waals surface area contributed by atoms with Gasteiger partial charge in [-0.1, -0.05) is 12.8 Å². The van der Waals surface area contributed by atoms with Crippen LogP contribution in [0.5, 0.6) is 0 Å². The molecule has 0 spiro atoms. The third-order valence-electron chi connectivity index (χ3n) is 3.20. The van der Waals surface area contributed by atoms with Gasteiger partial charge in [0.05, 0.1) is 17.0 Å². The lowest BCUT2D eigenvalue weighted by Crippen LogP contribution is -2.34. The lowest BCUT2D eigenvalue weighted by atomic mass is 10.0. The normalized spacial score (nSPS) is 18.7. The molecule has 2 rings (SSSR count). The highest BCUT2D eigenvalue weighted by Gasteiger charge is 2.30. The summed E-state index contributed by atoms with van der Waals surface area (Å²) in [5.74, 6) is 0.792. The number of rotatable bonds is 3. The van der Waals surface area contributed by atoms with Crippen LogP contribution in [0.25, 0.3) is 0 Å². The van der Waals surface area contributed by atoms with Crippen LogP contribution in [0.4, 0.5) is 5.82 Å². The molecule has 1 heterocycles. The summed E-state index contributed by atoms with van der Waals surface area (Å²) >= 11 is 0. The Morgan fingerprint density at radius 3 is 2.75 bits per heavy atom. The molecule has 0 saturated heterocycles. The maximum atomic E-state index is 10.2. The number of nitrogens with one attached hydrogen (secondary N) is 1. The predicted molar refractivity (Wildman–Crippen MR) is 63.4 cm³/mol. The van der Waals surface area contributed by atoms with Crippen molar-refractivity contribution in [3.05, 3.63) is 17.6 Å². The Bertz CT molecular complexity index is 373. The summed E-state index contributed by atoms with van der Waals surface area (Å²) in [4.78, 5) is 8.62. The molecule has 4 heteroatoms. The van der Waals surface area contributed by atoms with Crippen molar-refractivity contribution in [3.8, 4) is 0 Å². The smallest absolute Gasteiger partial charge is 0.147 e. The SMILES string of the molecule is Cc1cnc(C)c(NCC2(O)CCCC2)n1. The van der Waals surface area contributed by atoms with E-state index < -0.39 is 5.60 Å². The van der Waals surface area contributed by atoms with E-state index in [1.165, 1.54) is 0 Å². The first-order valence-corrected chi connectivity index (χ1v) is 5.86. The van der Waals surface area contributed by atoms with Crippen LogP contribution >= 0.6 is 0 Å². The highest BCUT2D eigenvalue weighted by atomic mass is 16.3. The molecule has 1 fully saturated rings. The minimum Gasteiger partial charge on any atom is -0.388 e. The number of aryl methyl sites for hydroxylation is 2. The fraction of sp³-hybridized carbons (Fsp3) is 0.667. The molecule has 0 bridgehead atoms. The Kier molecular flexibility index (Phi) is 3.10. The van der Waals surface area contributed by atoms with Crippen LogP contribution in [0, 0.1) is 13.8 Å². The number of hydrogen-bond acceptors (Lipinski definition) is 4. The molecule has 1 aromatic rings. The van der Waals surface area contributed by atoms with Gasteiger partial charge in [0.15, 0.2) is 0 Å². The molecule has 1 aliphatic carbocycles. The minimum absolute atomic E-state index is 0.544. The zero-order valence-electron chi connectivity index (χ0n) is 9.95. The number of aromatic nitrogens is 2. The maximum Gasteiger partial charge on any atom is 0.147 e. The Morgan fingerprint density at radius 2 is 2.06 bits per heavy atom. The molecule has 0 aromatic carbocycles. The van der Waals surface area contributed by atoms with E-state index in [0.29, 0.717) is 6.54 Å². The van der Waals surface area contributed by atoms with Crippen molar-refractivity contribution in [1.29, 1.82) is 0 Å². The van der Waals surface area contributed by atoms with Crippen LogP contribution in [0.15, 0.2) is 6.20 Å².